The molecule has 0 radical (unpaired) electrons. The van der Waals surface area contributed by atoms with E-state index in [9.17, 15) is 55.6 Å². The van der Waals surface area contributed by atoms with E-state index in [4.69, 9.17) is 5.73 Å². The molecule has 4 N–H and O–H groups in total. The number of amides is 4. The van der Waals surface area contributed by atoms with E-state index >= 15 is 0 Å². The molecule has 2 saturated heterocycles. The molecule has 64 heavy (non-hydrogen) atoms. The highest BCUT2D eigenvalue weighted by Gasteiger charge is 2.44. The Balaban J connectivity index is 0.000000192. The zero-order valence-corrected chi connectivity index (χ0v) is 34.1. The molecule has 18 nitrogen and oxygen atoms in total. The lowest BCUT2D eigenvalue weighted by Gasteiger charge is -2.35. The van der Waals surface area contributed by atoms with Crippen LogP contribution in [0.3, 0.4) is 0 Å². The molecular weight excluding hydrogens is 859 g/mol. The number of hydrogen-bond donors (Lipinski definition) is 3. The van der Waals surface area contributed by atoms with E-state index < -0.39 is 65.6 Å². The SMILES string of the molecule is C[C@@H](CC(=O)c1ccc2c(n1)N(C(=O)Nc1cc(N)ccn1)[C@H]1CCN2C1)C(F)(F)F.C[C@@H](CC(=O)c1ccc2c(n1)N(C(=O)Nc1cc([N+](=O)[O-])ccn1)[C@H]1CCN2C1)C(F)(F)F. The van der Waals surface area contributed by atoms with Crippen molar-refractivity contribution in [3.63, 3.8) is 0 Å². The van der Waals surface area contributed by atoms with Crippen molar-refractivity contribution in [1.82, 2.24) is 19.9 Å². The molecular formula is C40H40F6N12O6. The Morgan fingerprint density at radius 2 is 1.17 bits per heavy atom. The zero-order valence-electron chi connectivity index (χ0n) is 34.1. The second-order valence-corrected chi connectivity index (χ2v) is 15.7. The molecule has 0 aliphatic carbocycles. The first-order valence-corrected chi connectivity index (χ1v) is 19.9. The number of alkyl halides is 6. The molecule has 4 bridgehead atoms. The second kappa shape index (κ2) is 17.6. The number of carbonyl (C=O) groups excluding carboxylic acids is 4. The Morgan fingerprint density at radius 3 is 1.59 bits per heavy atom. The van der Waals surface area contributed by atoms with Crippen LogP contribution in [0, 0.1) is 22.0 Å². The van der Waals surface area contributed by atoms with Gasteiger partial charge in [-0.2, -0.15) is 26.3 Å². The van der Waals surface area contributed by atoms with Crippen LogP contribution in [0.2, 0.25) is 0 Å². The Labute approximate surface area is 360 Å². The minimum atomic E-state index is -4.51. The highest BCUT2D eigenvalue weighted by Crippen LogP contribution is 2.41. The van der Waals surface area contributed by atoms with Gasteiger partial charge in [0.15, 0.2) is 23.2 Å². The minimum Gasteiger partial charge on any atom is -0.399 e. The van der Waals surface area contributed by atoms with Crippen molar-refractivity contribution in [1.29, 1.82) is 0 Å². The van der Waals surface area contributed by atoms with Crippen LogP contribution in [0.1, 0.15) is 60.5 Å². The molecule has 4 amide bonds. The number of carbonyl (C=O) groups is 4. The number of Topliss-reactive ketones (excluding diaryl/α,β-unsaturated/α-hetero) is 2. The summed E-state index contributed by atoms with van der Waals surface area (Å²) in [6, 6.07) is 9.75. The number of hydrogen-bond acceptors (Lipinski definition) is 13. The molecule has 0 spiro atoms. The largest absolute Gasteiger partial charge is 0.399 e. The molecule has 4 aliphatic rings. The molecule has 24 heteroatoms. The van der Waals surface area contributed by atoms with Gasteiger partial charge in [0.1, 0.15) is 23.0 Å². The van der Waals surface area contributed by atoms with Crippen molar-refractivity contribution >= 4 is 69.6 Å². The highest BCUT2D eigenvalue weighted by atomic mass is 19.4. The van der Waals surface area contributed by atoms with Gasteiger partial charge in [-0.05, 0) is 43.2 Å². The number of nitrogen functional groups attached to an aromatic ring is 1. The minimum absolute atomic E-state index is 0.0394. The van der Waals surface area contributed by atoms with Gasteiger partial charge in [-0.3, -0.25) is 40.1 Å². The number of nitrogens with zero attached hydrogens (tertiary/aromatic N) is 9. The van der Waals surface area contributed by atoms with Crippen molar-refractivity contribution in [3.8, 4) is 0 Å². The monoisotopic (exact) mass is 898 g/mol. The Bertz CT molecular complexity index is 2490. The fourth-order valence-corrected chi connectivity index (χ4v) is 7.71. The predicted molar refractivity (Wildman–Crippen MR) is 221 cm³/mol. The maximum absolute atomic E-state index is 13.1. The predicted octanol–water partition coefficient (Wildman–Crippen LogP) is 7.25. The van der Waals surface area contributed by atoms with Crippen LogP contribution in [-0.2, 0) is 0 Å². The topological polar surface area (TPSA) is 226 Å². The molecule has 8 heterocycles. The third-order valence-electron chi connectivity index (χ3n) is 11.2. The number of ketones is 2. The number of nitrogens with two attached hydrogens (primary N) is 1. The lowest BCUT2D eigenvalue weighted by Crippen LogP contribution is -2.48. The smallest absolute Gasteiger partial charge is 0.391 e. The molecule has 0 aromatic carbocycles. The molecule has 4 aliphatic heterocycles. The van der Waals surface area contributed by atoms with Crippen molar-refractivity contribution in [2.45, 2.75) is 64.0 Å². The van der Waals surface area contributed by atoms with E-state index in [1.54, 1.807) is 18.2 Å². The van der Waals surface area contributed by atoms with E-state index in [2.05, 4.69) is 30.6 Å². The normalized spacial score (nSPS) is 18.2. The number of nitro groups is 1. The lowest BCUT2D eigenvalue weighted by atomic mass is 10.0. The summed E-state index contributed by atoms with van der Waals surface area (Å²) in [5, 5.41) is 16.2. The van der Waals surface area contributed by atoms with Crippen LogP contribution < -0.4 is 36.0 Å². The third kappa shape index (κ3) is 9.58. The van der Waals surface area contributed by atoms with Crippen LogP contribution in [0.4, 0.5) is 82.0 Å². The molecule has 8 rings (SSSR count). The van der Waals surface area contributed by atoms with Gasteiger partial charge in [0.05, 0.1) is 46.3 Å². The summed E-state index contributed by atoms with van der Waals surface area (Å²) < 4.78 is 77.2. The first-order valence-electron chi connectivity index (χ1n) is 19.9. The van der Waals surface area contributed by atoms with Gasteiger partial charge in [0.2, 0.25) is 0 Å². The van der Waals surface area contributed by atoms with Gasteiger partial charge in [-0.15, -0.1) is 0 Å². The fourth-order valence-electron chi connectivity index (χ4n) is 7.71. The van der Waals surface area contributed by atoms with Crippen LogP contribution in [0.25, 0.3) is 0 Å². The number of urea groups is 2. The molecule has 0 saturated carbocycles. The number of aromatic nitrogens is 4. The van der Waals surface area contributed by atoms with Crippen LogP contribution in [0.5, 0.6) is 0 Å². The van der Waals surface area contributed by atoms with Gasteiger partial charge in [-0.1, -0.05) is 13.8 Å². The van der Waals surface area contributed by atoms with Gasteiger partial charge < -0.3 is 15.5 Å². The number of fused-ring (bicyclic) bond motifs is 8. The van der Waals surface area contributed by atoms with Gasteiger partial charge in [0.25, 0.3) is 5.69 Å². The van der Waals surface area contributed by atoms with E-state index in [-0.39, 0.29) is 52.4 Å². The van der Waals surface area contributed by atoms with E-state index in [0.717, 1.165) is 19.9 Å². The Hall–Kier alpha value is -7.14. The first-order chi connectivity index (χ1) is 30.2. The summed E-state index contributed by atoms with van der Waals surface area (Å²) in [4.78, 5) is 84.8. The first kappa shape index (κ1) is 44.9. The zero-order chi connectivity index (χ0) is 46.2. The fraction of sp³-hybridized carbons (Fsp3) is 0.400. The quantitative estimate of drug-likeness (QED) is 0.0652. The van der Waals surface area contributed by atoms with E-state index in [1.165, 1.54) is 46.5 Å². The molecule has 2 fully saturated rings. The highest BCUT2D eigenvalue weighted by molar-refractivity contribution is 6.06. The van der Waals surface area contributed by atoms with Crippen molar-refractivity contribution in [2.24, 2.45) is 11.8 Å². The van der Waals surface area contributed by atoms with Crippen LogP contribution in [-0.4, -0.2) is 99.1 Å². The van der Waals surface area contributed by atoms with E-state index in [1.807, 2.05) is 9.80 Å². The average Bonchev–Trinajstić information content (AvgIpc) is 3.85. The summed E-state index contributed by atoms with van der Waals surface area (Å²) in [6.45, 7) is 4.34. The van der Waals surface area contributed by atoms with Gasteiger partial charge >= 0.3 is 24.4 Å². The average molecular weight is 899 g/mol. The number of anilines is 7. The maximum atomic E-state index is 13.1. The third-order valence-corrected chi connectivity index (χ3v) is 11.2. The lowest BCUT2D eigenvalue weighted by molar-refractivity contribution is -0.384. The van der Waals surface area contributed by atoms with Crippen LogP contribution >= 0.6 is 0 Å². The Morgan fingerprint density at radius 1 is 0.734 bits per heavy atom. The molecule has 4 aromatic heterocycles. The summed E-state index contributed by atoms with van der Waals surface area (Å²) in [6.07, 6.45) is -6.48. The number of pyridine rings is 4. The van der Waals surface area contributed by atoms with Gasteiger partial charge in [0, 0.05) is 69.2 Å². The van der Waals surface area contributed by atoms with Crippen molar-refractivity contribution in [3.05, 3.63) is 82.4 Å². The van der Waals surface area contributed by atoms with E-state index in [0.29, 0.717) is 56.1 Å². The number of nitrogens with one attached hydrogen (secondary N) is 2. The van der Waals surface area contributed by atoms with Crippen LogP contribution in [0.15, 0.2) is 60.9 Å². The van der Waals surface area contributed by atoms with Crippen molar-refractivity contribution in [2.75, 3.05) is 62.1 Å². The molecule has 4 atom stereocenters. The van der Waals surface area contributed by atoms with Crippen molar-refractivity contribution < 1.29 is 50.4 Å². The summed E-state index contributed by atoms with van der Waals surface area (Å²) in [7, 11) is 0. The summed E-state index contributed by atoms with van der Waals surface area (Å²) in [5.41, 5.74) is 6.87. The number of rotatable bonds is 9. The Kier molecular flexibility index (Phi) is 12.3. The van der Waals surface area contributed by atoms with Gasteiger partial charge in [-0.25, -0.2) is 29.5 Å². The maximum Gasteiger partial charge on any atom is 0.391 e. The molecule has 0 unspecified atom stereocenters. The summed E-state index contributed by atoms with van der Waals surface area (Å²) in [5.74, 6) is -4.50. The standard InChI is InChI=1S/C20H19F3N6O4.C20H21F3N6O2/c1-11(20(21,22)23)8-16(30)14-2-3-15-18(25-14)28(13-5-7-27(15)10-13)19(31)26-17-9-12(29(32)33)4-6-24-17;1-11(20(21,22)23)8-16(30)14-2-3-15-18(26-14)29(13-5-7-28(15)10-13)19(31)27-17-9-12(24)4-6-25-17/h2-4,6,9,11,13H,5,7-8,10H2,1H3,(H,24,26,31);2-4,6,9,11,13H,5,7-8,10H2,1H3,(H3,24,25,27,31)/t2*11-,13-/m00/s1. The molecule has 4 aromatic rings. The molecule has 338 valence electrons. The second-order valence-electron chi connectivity index (χ2n) is 15.7. The number of halogens is 6. The summed E-state index contributed by atoms with van der Waals surface area (Å²) >= 11 is 0.